The molecule has 6 nitrogen and oxygen atoms in total. The van der Waals surface area contributed by atoms with Gasteiger partial charge in [-0.3, -0.25) is 19.4 Å². The summed E-state index contributed by atoms with van der Waals surface area (Å²) < 4.78 is 0. The molecule has 0 spiro atoms. The van der Waals surface area contributed by atoms with Crippen molar-refractivity contribution >= 4 is 29.0 Å². The Bertz CT molecular complexity index is 954. The molecule has 2 amide bonds. The predicted molar refractivity (Wildman–Crippen MR) is 108 cm³/mol. The molecular formula is C22H22N4O2. The topological polar surface area (TPSA) is 65.5 Å². The van der Waals surface area contributed by atoms with Gasteiger partial charge < -0.3 is 5.32 Å². The highest BCUT2D eigenvalue weighted by Crippen LogP contribution is 2.36. The summed E-state index contributed by atoms with van der Waals surface area (Å²) in [5.74, 6) is 6.35. The highest BCUT2D eigenvalue weighted by Gasteiger charge is 2.29. The maximum absolute atomic E-state index is 13.1. The molecule has 1 fully saturated rings. The summed E-state index contributed by atoms with van der Waals surface area (Å²) in [6, 6.07) is 10.6. The largest absolute Gasteiger partial charge is 0.319 e. The molecule has 2 aromatic rings. The number of likely N-dealkylation sites (tertiary alicyclic amines) is 1. The van der Waals surface area contributed by atoms with E-state index in [1.807, 2.05) is 6.07 Å². The van der Waals surface area contributed by atoms with Crippen LogP contribution >= 0.6 is 0 Å². The van der Waals surface area contributed by atoms with Gasteiger partial charge in [-0.1, -0.05) is 18.1 Å². The molecule has 2 aliphatic rings. The number of rotatable bonds is 3. The van der Waals surface area contributed by atoms with E-state index in [4.69, 9.17) is 0 Å². The molecule has 2 aliphatic heterocycles. The van der Waals surface area contributed by atoms with E-state index >= 15 is 0 Å². The number of hydrogen-bond donors (Lipinski definition) is 1. The Morgan fingerprint density at radius 2 is 1.93 bits per heavy atom. The van der Waals surface area contributed by atoms with Crippen molar-refractivity contribution < 1.29 is 9.59 Å². The maximum Gasteiger partial charge on any atom is 0.257 e. The number of nitrogens with one attached hydrogen (secondary N) is 1. The average Bonchev–Trinajstić information content (AvgIpc) is 3.19. The molecule has 6 heteroatoms. The second-order valence-electron chi connectivity index (χ2n) is 6.91. The maximum atomic E-state index is 13.1. The lowest BCUT2D eigenvalue weighted by Crippen LogP contribution is -2.27. The fraction of sp³-hybridized carbons (Fsp3) is 0.318. The lowest BCUT2D eigenvalue weighted by Gasteiger charge is -2.22. The molecule has 142 valence electrons. The first-order valence-electron chi connectivity index (χ1n) is 9.60. The van der Waals surface area contributed by atoms with Crippen LogP contribution in [0, 0.1) is 11.8 Å². The molecule has 1 saturated heterocycles. The standard InChI is InChI=1S/C22H22N4O2/c27-20(12-2-1-5-14-25-15-6-7-16-25)26-19-11-4-3-9-17(19)22(28)24-18-10-8-13-23-21(18)26/h3-4,8-11,13H,2,6-7,12,14-16H2,(H,24,28). The molecule has 0 aliphatic carbocycles. The van der Waals surface area contributed by atoms with Crippen molar-refractivity contribution in [2.45, 2.75) is 25.7 Å². The van der Waals surface area contributed by atoms with Crippen molar-refractivity contribution in [2.75, 3.05) is 29.9 Å². The third-order valence-electron chi connectivity index (χ3n) is 4.98. The first-order valence-corrected chi connectivity index (χ1v) is 9.60. The van der Waals surface area contributed by atoms with E-state index in [-0.39, 0.29) is 18.2 Å². The number of anilines is 3. The van der Waals surface area contributed by atoms with Crippen LogP contribution in [0.5, 0.6) is 0 Å². The summed E-state index contributed by atoms with van der Waals surface area (Å²) in [5.41, 5.74) is 1.53. The van der Waals surface area contributed by atoms with Crippen LogP contribution in [0.4, 0.5) is 17.2 Å². The second-order valence-corrected chi connectivity index (χ2v) is 6.91. The number of nitrogens with zero attached hydrogens (tertiary/aromatic N) is 3. The summed E-state index contributed by atoms with van der Waals surface area (Å²) in [5, 5.41) is 2.84. The highest BCUT2D eigenvalue weighted by molar-refractivity contribution is 6.17. The third-order valence-corrected chi connectivity index (χ3v) is 4.98. The number of pyridine rings is 1. The normalized spacial score (nSPS) is 15.7. The van der Waals surface area contributed by atoms with Gasteiger partial charge in [0.15, 0.2) is 5.82 Å². The van der Waals surface area contributed by atoms with Crippen LogP contribution in [0.1, 0.15) is 36.0 Å². The summed E-state index contributed by atoms with van der Waals surface area (Å²) in [6.07, 6.45) is 4.86. The van der Waals surface area contributed by atoms with Crippen molar-refractivity contribution in [1.82, 2.24) is 9.88 Å². The molecular weight excluding hydrogens is 352 g/mol. The molecule has 4 rings (SSSR count). The molecule has 1 N–H and O–H groups in total. The zero-order chi connectivity index (χ0) is 19.3. The fourth-order valence-corrected chi connectivity index (χ4v) is 3.57. The smallest absolute Gasteiger partial charge is 0.257 e. The van der Waals surface area contributed by atoms with Gasteiger partial charge >= 0.3 is 0 Å². The van der Waals surface area contributed by atoms with Crippen LogP contribution in [0.3, 0.4) is 0 Å². The molecule has 0 unspecified atom stereocenters. The van der Waals surface area contributed by atoms with Crippen LogP contribution in [-0.4, -0.2) is 41.3 Å². The Hall–Kier alpha value is -3.17. The van der Waals surface area contributed by atoms with Gasteiger partial charge in [0.1, 0.15) is 0 Å². The van der Waals surface area contributed by atoms with Gasteiger partial charge in [-0.15, -0.1) is 5.92 Å². The molecule has 0 bridgehead atoms. The number of aromatic nitrogens is 1. The van der Waals surface area contributed by atoms with Gasteiger partial charge in [0.2, 0.25) is 5.91 Å². The highest BCUT2D eigenvalue weighted by atomic mass is 16.2. The van der Waals surface area contributed by atoms with Crippen LogP contribution < -0.4 is 10.2 Å². The first-order chi connectivity index (χ1) is 13.7. The SMILES string of the molecule is O=C1Nc2cccnc2N(C(=O)CCC#CCN2CCCC2)c2ccccc21. The molecule has 0 saturated carbocycles. The fourth-order valence-electron chi connectivity index (χ4n) is 3.57. The van der Waals surface area contributed by atoms with Gasteiger partial charge in [0.05, 0.1) is 23.5 Å². The summed E-state index contributed by atoms with van der Waals surface area (Å²) in [7, 11) is 0. The number of fused-ring (bicyclic) bond motifs is 2. The summed E-state index contributed by atoms with van der Waals surface area (Å²) >= 11 is 0. The average molecular weight is 374 g/mol. The Labute approximate surface area is 164 Å². The Balaban J connectivity index is 1.54. The van der Waals surface area contributed by atoms with Crippen molar-refractivity contribution in [1.29, 1.82) is 0 Å². The zero-order valence-corrected chi connectivity index (χ0v) is 15.6. The van der Waals surface area contributed by atoms with Crippen molar-refractivity contribution in [3.05, 3.63) is 48.2 Å². The van der Waals surface area contributed by atoms with Gasteiger partial charge in [-0.2, -0.15) is 0 Å². The van der Waals surface area contributed by atoms with Crippen LogP contribution in [0.15, 0.2) is 42.6 Å². The van der Waals surface area contributed by atoms with Crippen molar-refractivity contribution in [3.8, 4) is 11.8 Å². The number of para-hydroxylation sites is 1. The predicted octanol–water partition coefficient (Wildman–Crippen LogP) is 3.19. The van der Waals surface area contributed by atoms with Crippen molar-refractivity contribution in [3.63, 3.8) is 0 Å². The Kier molecular flexibility index (Phi) is 5.36. The monoisotopic (exact) mass is 374 g/mol. The molecule has 3 heterocycles. The van der Waals surface area contributed by atoms with E-state index in [9.17, 15) is 9.59 Å². The Morgan fingerprint density at radius 3 is 2.79 bits per heavy atom. The van der Waals surface area contributed by atoms with E-state index in [2.05, 4.69) is 27.0 Å². The number of hydrogen-bond acceptors (Lipinski definition) is 4. The minimum atomic E-state index is -0.245. The Morgan fingerprint density at radius 1 is 1.11 bits per heavy atom. The van der Waals surface area contributed by atoms with E-state index < -0.39 is 0 Å². The van der Waals surface area contributed by atoms with Gasteiger partial charge in [0, 0.05) is 19.0 Å². The summed E-state index contributed by atoms with van der Waals surface area (Å²) in [6.45, 7) is 2.99. The van der Waals surface area contributed by atoms with Crippen LogP contribution in [0.25, 0.3) is 0 Å². The van der Waals surface area contributed by atoms with E-state index in [1.165, 1.54) is 17.7 Å². The van der Waals surface area contributed by atoms with Gasteiger partial charge in [-0.25, -0.2) is 4.98 Å². The minimum absolute atomic E-state index is 0.126. The van der Waals surface area contributed by atoms with Crippen LogP contribution in [0.2, 0.25) is 0 Å². The molecule has 28 heavy (non-hydrogen) atoms. The van der Waals surface area contributed by atoms with E-state index in [0.29, 0.717) is 29.2 Å². The number of carbonyl (C=O) groups excluding carboxylic acids is 2. The summed E-state index contributed by atoms with van der Waals surface area (Å²) in [4.78, 5) is 33.9. The van der Waals surface area contributed by atoms with Gasteiger partial charge in [-0.05, 0) is 50.2 Å². The number of amides is 2. The zero-order valence-electron chi connectivity index (χ0n) is 15.6. The van der Waals surface area contributed by atoms with Crippen molar-refractivity contribution in [2.24, 2.45) is 0 Å². The third kappa shape index (κ3) is 3.75. The lowest BCUT2D eigenvalue weighted by molar-refractivity contribution is -0.117. The molecule has 0 atom stereocenters. The number of carbonyl (C=O) groups is 2. The van der Waals surface area contributed by atoms with Gasteiger partial charge in [0.25, 0.3) is 5.91 Å². The minimum Gasteiger partial charge on any atom is -0.319 e. The molecule has 0 radical (unpaired) electrons. The lowest BCUT2D eigenvalue weighted by atomic mass is 10.1. The second kappa shape index (κ2) is 8.24. The first kappa shape index (κ1) is 18.2. The number of benzene rings is 1. The van der Waals surface area contributed by atoms with E-state index in [0.717, 1.165) is 19.6 Å². The molecule has 1 aromatic heterocycles. The quantitative estimate of drug-likeness (QED) is 0.838. The van der Waals surface area contributed by atoms with Crippen LogP contribution in [-0.2, 0) is 4.79 Å². The molecule has 1 aromatic carbocycles. The van der Waals surface area contributed by atoms with E-state index in [1.54, 1.807) is 36.5 Å².